The summed E-state index contributed by atoms with van der Waals surface area (Å²) in [6.07, 6.45) is -1.18. The van der Waals surface area contributed by atoms with Gasteiger partial charge in [0.1, 0.15) is 23.8 Å². The quantitative estimate of drug-likeness (QED) is 0.137. The summed E-state index contributed by atoms with van der Waals surface area (Å²) in [5, 5.41) is 0.0441. The van der Waals surface area contributed by atoms with Crippen molar-refractivity contribution in [3.63, 3.8) is 0 Å². The molecule has 15 heteroatoms. The Bertz CT molecular complexity index is 1420. The van der Waals surface area contributed by atoms with Gasteiger partial charge in [-0.2, -0.15) is 4.98 Å². The largest absolute Gasteiger partial charge is 0.464 e. The van der Waals surface area contributed by atoms with Crippen molar-refractivity contribution in [1.82, 2.24) is 19.5 Å². The highest BCUT2D eigenvalue weighted by Crippen LogP contribution is 2.51. The average molecular weight is 615 g/mol. The Morgan fingerprint density at radius 2 is 1.90 bits per heavy atom. The second-order valence-electron chi connectivity index (χ2n) is 9.84. The van der Waals surface area contributed by atoms with Gasteiger partial charge in [0, 0.05) is 6.66 Å². The Morgan fingerprint density at radius 3 is 2.62 bits per heavy atom. The number of rotatable bonds is 10. The number of nitrogens with zero attached hydrogens (tertiary/aromatic N) is 4. The molecule has 2 aliphatic rings. The molecular weight excluding hydrogens is 586 g/mol. The molecule has 2 aliphatic heterocycles. The highest BCUT2D eigenvalue weighted by molar-refractivity contribution is 7.59. The van der Waals surface area contributed by atoms with Gasteiger partial charge >= 0.3 is 5.97 Å². The second-order valence-corrected chi connectivity index (χ2v) is 13.1. The van der Waals surface area contributed by atoms with Crippen LogP contribution < -0.4 is 0 Å². The van der Waals surface area contributed by atoms with Crippen LogP contribution in [-0.2, 0) is 44.2 Å². The summed E-state index contributed by atoms with van der Waals surface area (Å²) >= 11 is 12.3. The van der Waals surface area contributed by atoms with E-state index >= 15 is 0 Å². The normalized spacial score (nSPS) is 25.9. The summed E-state index contributed by atoms with van der Waals surface area (Å²) in [7, 11) is -3.66. The van der Waals surface area contributed by atoms with E-state index in [1.165, 1.54) is 13.0 Å². The number of benzene rings is 1. The fourth-order valence-electron chi connectivity index (χ4n) is 4.70. The molecule has 3 aromatic rings. The molecule has 0 N–H and O–H groups in total. The summed E-state index contributed by atoms with van der Waals surface area (Å²) in [5.41, 5.74) is 1.49. The summed E-state index contributed by atoms with van der Waals surface area (Å²) in [4.78, 5) is 25.3. The van der Waals surface area contributed by atoms with Crippen LogP contribution >= 0.6 is 30.6 Å². The predicted molar refractivity (Wildman–Crippen MR) is 144 cm³/mol. The third kappa shape index (κ3) is 6.05. The third-order valence-corrected chi connectivity index (χ3v) is 8.70. The number of imidazole rings is 1. The van der Waals surface area contributed by atoms with Crippen LogP contribution in [0.15, 0.2) is 36.7 Å². The number of esters is 1. The van der Waals surface area contributed by atoms with Crippen molar-refractivity contribution in [3.8, 4) is 0 Å². The minimum absolute atomic E-state index is 0.0341. The molecule has 1 aromatic carbocycles. The Labute approximate surface area is 240 Å². The van der Waals surface area contributed by atoms with Gasteiger partial charge in [0.05, 0.1) is 26.1 Å². The van der Waals surface area contributed by atoms with Gasteiger partial charge in [0.15, 0.2) is 22.8 Å². The van der Waals surface area contributed by atoms with E-state index in [0.717, 1.165) is 5.56 Å². The maximum Gasteiger partial charge on any atom is 0.345 e. The Hall–Kier alpha value is -2.15. The molecule has 0 saturated carbocycles. The smallest absolute Gasteiger partial charge is 0.345 e. The molecule has 216 valence electrons. The summed E-state index contributed by atoms with van der Waals surface area (Å²) in [5.74, 6) is -3.21. The third-order valence-electron chi connectivity index (χ3n) is 6.41. The van der Waals surface area contributed by atoms with E-state index in [9.17, 15) is 9.36 Å². The maximum atomic E-state index is 13.6. The van der Waals surface area contributed by atoms with Gasteiger partial charge in [-0.05, 0) is 37.9 Å². The molecule has 40 heavy (non-hydrogen) atoms. The fourth-order valence-corrected chi connectivity index (χ4v) is 6.48. The van der Waals surface area contributed by atoms with Gasteiger partial charge < -0.3 is 28.2 Å². The van der Waals surface area contributed by atoms with Crippen molar-refractivity contribution in [3.05, 3.63) is 52.7 Å². The lowest BCUT2D eigenvalue weighted by Crippen LogP contribution is -2.36. The molecule has 2 saturated heterocycles. The number of carbonyl (C=O) groups is 1. The minimum Gasteiger partial charge on any atom is -0.464 e. The molecule has 0 amide bonds. The van der Waals surface area contributed by atoms with Crippen LogP contribution in [0.5, 0.6) is 0 Å². The number of hydrogen-bond acceptors (Lipinski definition) is 11. The molecule has 0 bridgehead atoms. The Morgan fingerprint density at radius 1 is 1.18 bits per heavy atom. The standard InChI is InChI=1S/C25H29Cl2N4O8P/c1-5-34-22(32)23(40(4,33)36-11-14-9-7-6-8-10-14)35-12-15-17-18(39-25(2,3)38-17)21(37-15)31-13-28-16-19(26)29-24(27)30-20(16)31/h6-10,13,15,17-18,21,23H,5,11-12H2,1-4H3/t15-,17-,18-,21-,23?,40?/m1/s1. The van der Waals surface area contributed by atoms with E-state index in [-0.39, 0.29) is 30.3 Å². The highest BCUT2D eigenvalue weighted by Gasteiger charge is 2.56. The number of ether oxygens (including phenoxy) is 5. The number of fused-ring (bicyclic) bond motifs is 2. The van der Waals surface area contributed by atoms with Gasteiger partial charge in [-0.25, -0.2) is 14.8 Å². The lowest BCUT2D eigenvalue weighted by Gasteiger charge is -2.27. The molecule has 4 heterocycles. The first-order valence-corrected chi connectivity index (χ1v) is 15.5. The topological polar surface area (TPSA) is 133 Å². The van der Waals surface area contributed by atoms with Crippen LogP contribution in [0, 0.1) is 0 Å². The molecule has 0 radical (unpaired) electrons. The van der Waals surface area contributed by atoms with Gasteiger partial charge in [-0.1, -0.05) is 41.9 Å². The zero-order chi connectivity index (χ0) is 28.7. The van der Waals surface area contributed by atoms with Crippen molar-refractivity contribution in [2.75, 3.05) is 19.9 Å². The first-order valence-electron chi connectivity index (χ1n) is 12.6. The van der Waals surface area contributed by atoms with E-state index < -0.39 is 49.5 Å². The van der Waals surface area contributed by atoms with Crippen LogP contribution in [0.25, 0.3) is 11.2 Å². The van der Waals surface area contributed by atoms with E-state index in [1.54, 1.807) is 25.3 Å². The average Bonchev–Trinajstić information content (AvgIpc) is 3.54. The Kier molecular flexibility index (Phi) is 8.52. The van der Waals surface area contributed by atoms with Gasteiger partial charge in [0.2, 0.25) is 18.5 Å². The van der Waals surface area contributed by atoms with Crippen molar-refractivity contribution >= 4 is 47.7 Å². The van der Waals surface area contributed by atoms with Crippen LogP contribution in [0.4, 0.5) is 0 Å². The molecule has 6 atom stereocenters. The van der Waals surface area contributed by atoms with Crippen molar-refractivity contribution in [1.29, 1.82) is 0 Å². The molecule has 12 nitrogen and oxygen atoms in total. The molecule has 5 rings (SSSR count). The summed E-state index contributed by atoms with van der Waals surface area (Å²) in [6, 6.07) is 9.20. The van der Waals surface area contributed by atoms with Gasteiger partial charge in [-0.15, -0.1) is 0 Å². The lowest BCUT2D eigenvalue weighted by atomic mass is 10.1. The van der Waals surface area contributed by atoms with E-state index in [0.29, 0.717) is 11.2 Å². The summed E-state index contributed by atoms with van der Waals surface area (Å²) < 4.78 is 50.7. The zero-order valence-corrected chi connectivity index (χ0v) is 24.6. The van der Waals surface area contributed by atoms with Crippen LogP contribution in [0.2, 0.25) is 10.4 Å². The van der Waals surface area contributed by atoms with Crippen LogP contribution in [0.3, 0.4) is 0 Å². The SMILES string of the molecule is CCOC(=O)C(OC[C@H]1O[C@@H](n2cnc3c(Cl)nc(Cl)nc32)[C@@H]2OC(C)(C)O[C@@H]21)P(C)(=O)OCc1ccccc1. The highest BCUT2D eigenvalue weighted by atomic mass is 35.5. The maximum absolute atomic E-state index is 13.6. The molecule has 2 unspecified atom stereocenters. The van der Waals surface area contributed by atoms with Crippen LogP contribution in [0.1, 0.15) is 32.6 Å². The zero-order valence-electron chi connectivity index (χ0n) is 22.2. The fraction of sp³-hybridized carbons (Fsp3) is 0.520. The molecule has 0 aliphatic carbocycles. The second kappa shape index (κ2) is 11.6. The number of carbonyl (C=O) groups excluding carboxylic acids is 1. The van der Waals surface area contributed by atoms with Crippen LogP contribution in [-0.4, -0.2) is 75.3 Å². The first kappa shape index (κ1) is 29.3. The lowest BCUT2D eigenvalue weighted by molar-refractivity contribution is -0.203. The van der Waals surface area contributed by atoms with Crippen molar-refractivity contribution in [2.45, 2.75) is 63.6 Å². The molecule has 2 aromatic heterocycles. The first-order chi connectivity index (χ1) is 19.0. The summed E-state index contributed by atoms with van der Waals surface area (Å²) in [6.45, 7) is 6.50. The minimum atomic E-state index is -3.66. The number of halogens is 2. The molecule has 2 fully saturated rings. The van der Waals surface area contributed by atoms with E-state index in [1.807, 2.05) is 30.3 Å². The monoisotopic (exact) mass is 614 g/mol. The molecular formula is C25H29Cl2N4O8P. The molecule has 0 spiro atoms. The van der Waals surface area contributed by atoms with Crippen molar-refractivity contribution in [2.24, 2.45) is 0 Å². The van der Waals surface area contributed by atoms with E-state index in [2.05, 4.69) is 15.0 Å². The number of aromatic nitrogens is 4. The van der Waals surface area contributed by atoms with Gasteiger partial charge in [-0.3, -0.25) is 9.13 Å². The number of hydrogen-bond donors (Lipinski definition) is 0. The predicted octanol–water partition coefficient (Wildman–Crippen LogP) is 4.58. The van der Waals surface area contributed by atoms with Gasteiger partial charge in [0.25, 0.3) is 0 Å². The van der Waals surface area contributed by atoms with E-state index in [4.69, 9.17) is 51.4 Å². The van der Waals surface area contributed by atoms with Crippen molar-refractivity contribution < 1.29 is 37.6 Å². The Balaban J connectivity index is 1.37.